The summed E-state index contributed by atoms with van der Waals surface area (Å²) in [4.78, 5) is 23.6. The summed E-state index contributed by atoms with van der Waals surface area (Å²) >= 11 is 12.6. The minimum Gasteiger partial charge on any atom is -0.266 e. The minimum atomic E-state index is -0.509. The standard InChI is InChI=1S/C16H12ClN3O3S2/c1-9-3-4-10(2)18(9)19-15(21)14(25-16(19)24)8-11-7-12(20(22)23)5-6-13(11)17/h3-8H,1-2H3/b14-8-. The number of rotatable bonds is 3. The maximum atomic E-state index is 12.8. The van der Waals surface area contributed by atoms with Crippen molar-refractivity contribution in [3.8, 4) is 0 Å². The Labute approximate surface area is 158 Å². The van der Waals surface area contributed by atoms with Crippen molar-refractivity contribution in [1.82, 2.24) is 4.68 Å². The zero-order chi connectivity index (χ0) is 18.3. The van der Waals surface area contributed by atoms with E-state index in [0.717, 1.165) is 23.1 Å². The van der Waals surface area contributed by atoms with Crippen LogP contribution in [0.4, 0.5) is 5.69 Å². The largest absolute Gasteiger partial charge is 0.285 e. The van der Waals surface area contributed by atoms with Crippen molar-refractivity contribution >= 4 is 57.6 Å². The number of nitrogens with zero attached hydrogens (tertiary/aromatic N) is 3. The maximum Gasteiger partial charge on any atom is 0.285 e. The number of thioether (sulfide) groups is 1. The fourth-order valence-corrected chi connectivity index (χ4v) is 3.91. The Morgan fingerprint density at radius 1 is 1.24 bits per heavy atom. The van der Waals surface area contributed by atoms with Gasteiger partial charge in [-0.3, -0.25) is 19.6 Å². The maximum absolute atomic E-state index is 12.8. The van der Waals surface area contributed by atoms with Crippen LogP contribution in [0.25, 0.3) is 6.08 Å². The third-order valence-electron chi connectivity index (χ3n) is 3.68. The van der Waals surface area contributed by atoms with Gasteiger partial charge in [-0.15, -0.1) is 0 Å². The van der Waals surface area contributed by atoms with Gasteiger partial charge in [0.2, 0.25) is 0 Å². The summed E-state index contributed by atoms with van der Waals surface area (Å²) in [5, 5.41) is 12.7. The lowest BCUT2D eigenvalue weighted by molar-refractivity contribution is -0.384. The summed E-state index contributed by atoms with van der Waals surface area (Å²) in [6, 6.07) is 7.88. The summed E-state index contributed by atoms with van der Waals surface area (Å²) in [5.41, 5.74) is 2.06. The van der Waals surface area contributed by atoms with Crippen LogP contribution in [-0.2, 0) is 4.79 Å². The molecule has 0 unspecified atom stereocenters. The van der Waals surface area contributed by atoms with E-state index in [9.17, 15) is 14.9 Å². The Morgan fingerprint density at radius 3 is 2.48 bits per heavy atom. The average Bonchev–Trinajstić information content (AvgIpc) is 3.01. The molecule has 0 spiro atoms. The molecule has 2 heterocycles. The number of aromatic nitrogens is 1. The molecule has 0 atom stereocenters. The molecule has 2 aromatic rings. The van der Waals surface area contributed by atoms with Crippen molar-refractivity contribution in [2.24, 2.45) is 0 Å². The SMILES string of the molecule is Cc1ccc(C)n1N1C(=O)/C(=C/c2cc([N+](=O)[O-])ccc2Cl)SC1=S. The first-order chi connectivity index (χ1) is 11.8. The number of benzene rings is 1. The Bertz CT molecular complexity index is 933. The Balaban J connectivity index is 2.02. The van der Waals surface area contributed by atoms with Crippen LogP contribution < -0.4 is 5.01 Å². The third kappa shape index (κ3) is 3.20. The van der Waals surface area contributed by atoms with Gasteiger partial charge in [0, 0.05) is 34.1 Å². The molecular formula is C16H12ClN3O3S2. The Hall–Kier alpha value is -2.16. The molecule has 0 saturated carbocycles. The second-order valence-electron chi connectivity index (χ2n) is 5.38. The van der Waals surface area contributed by atoms with Crippen molar-refractivity contribution in [1.29, 1.82) is 0 Å². The van der Waals surface area contributed by atoms with E-state index in [1.807, 2.05) is 26.0 Å². The van der Waals surface area contributed by atoms with Crippen LogP contribution in [-0.4, -0.2) is 19.8 Å². The number of non-ortho nitro benzene ring substituents is 1. The molecule has 0 radical (unpaired) electrons. The monoisotopic (exact) mass is 393 g/mol. The van der Waals surface area contributed by atoms with Crippen LogP contribution in [0.2, 0.25) is 5.02 Å². The molecule has 1 aromatic carbocycles. The fraction of sp³-hybridized carbons (Fsp3) is 0.125. The lowest BCUT2D eigenvalue weighted by Gasteiger charge is -2.20. The van der Waals surface area contributed by atoms with E-state index in [0.29, 0.717) is 19.8 Å². The molecule has 9 heteroatoms. The topological polar surface area (TPSA) is 68.4 Å². The predicted molar refractivity (Wildman–Crippen MR) is 103 cm³/mol. The molecule has 128 valence electrons. The van der Waals surface area contributed by atoms with Crippen LogP contribution in [0, 0.1) is 24.0 Å². The van der Waals surface area contributed by atoms with Gasteiger partial charge < -0.3 is 0 Å². The van der Waals surface area contributed by atoms with Gasteiger partial charge >= 0.3 is 0 Å². The predicted octanol–water partition coefficient (Wildman–Crippen LogP) is 4.20. The van der Waals surface area contributed by atoms with Crippen molar-refractivity contribution in [2.75, 3.05) is 5.01 Å². The molecule has 1 aliphatic rings. The van der Waals surface area contributed by atoms with Gasteiger partial charge in [-0.05, 0) is 50.3 Å². The summed E-state index contributed by atoms with van der Waals surface area (Å²) in [7, 11) is 0. The normalized spacial score (nSPS) is 16.1. The molecule has 1 aliphatic heterocycles. The number of thiocarbonyl (C=S) groups is 1. The van der Waals surface area contributed by atoms with Crippen molar-refractivity contribution in [3.63, 3.8) is 0 Å². The average molecular weight is 394 g/mol. The number of aryl methyl sites for hydroxylation is 2. The Kier molecular flexibility index (Phi) is 4.68. The number of hydrogen-bond donors (Lipinski definition) is 0. The zero-order valence-corrected chi connectivity index (χ0v) is 15.6. The molecular weight excluding hydrogens is 382 g/mol. The number of halogens is 1. The molecule has 0 N–H and O–H groups in total. The van der Waals surface area contributed by atoms with Gasteiger partial charge in [-0.2, -0.15) is 5.01 Å². The number of nitro benzene ring substituents is 1. The lowest BCUT2D eigenvalue weighted by atomic mass is 10.2. The second kappa shape index (κ2) is 6.62. The summed E-state index contributed by atoms with van der Waals surface area (Å²) in [5.74, 6) is -0.292. The third-order valence-corrected chi connectivity index (χ3v) is 5.31. The highest BCUT2D eigenvalue weighted by Gasteiger charge is 2.35. The molecule has 6 nitrogen and oxygen atoms in total. The molecule has 1 amide bonds. The first-order valence-corrected chi connectivity index (χ1v) is 8.77. The Morgan fingerprint density at radius 2 is 1.88 bits per heavy atom. The minimum absolute atomic E-state index is 0.0942. The highest BCUT2D eigenvalue weighted by molar-refractivity contribution is 8.27. The lowest BCUT2D eigenvalue weighted by Crippen LogP contribution is -2.39. The molecule has 3 rings (SSSR count). The van der Waals surface area contributed by atoms with E-state index in [2.05, 4.69) is 0 Å². The highest BCUT2D eigenvalue weighted by atomic mass is 35.5. The fourth-order valence-electron chi connectivity index (χ4n) is 2.50. The van der Waals surface area contributed by atoms with Crippen LogP contribution in [0.3, 0.4) is 0 Å². The van der Waals surface area contributed by atoms with Crippen molar-refractivity contribution in [2.45, 2.75) is 13.8 Å². The second-order valence-corrected chi connectivity index (χ2v) is 7.47. The van der Waals surface area contributed by atoms with Gasteiger partial charge in [0.25, 0.3) is 11.6 Å². The number of carbonyl (C=O) groups is 1. The van der Waals surface area contributed by atoms with E-state index < -0.39 is 4.92 Å². The van der Waals surface area contributed by atoms with Crippen LogP contribution in [0.15, 0.2) is 35.2 Å². The smallest absolute Gasteiger partial charge is 0.266 e. The quantitative estimate of drug-likeness (QED) is 0.338. The van der Waals surface area contributed by atoms with E-state index in [1.54, 1.807) is 4.68 Å². The summed E-state index contributed by atoms with van der Waals surface area (Å²) in [6.45, 7) is 3.76. The van der Waals surface area contributed by atoms with Crippen LogP contribution in [0.5, 0.6) is 0 Å². The number of carbonyl (C=O) groups excluding carboxylic acids is 1. The first kappa shape index (κ1) is 17.7. The highest BCUT2D eigenvalue weighted by Crippen LogP contribution is 2.34. The summed E-state index contributed by atoms with van der Waals surface area (Å²) in [6.07, 6.45) is 1.53. The molecule has 1 saturated heterocycles. The molecule has 1 fully saturated rings. The van der Waals surface area contributed by atoms with Crippen LogP contribution in [0.1, 0.15) is 17.0 Å². The molecule has 0 bridgehead atoms. The van der Waals surface area contributed by atoms with Gasteiger partial charge in [0.15, 0.2) is 4.32 Å². The first-order valence-electron chi connectivity index (χ1n) is 7.16. The van der Waals surface area contributed by atoms with E-state index in [4.69, 9.17) is 23.8 Å². The molecule has 0 aliphatic carbocycles. The van der Waals surface area contributed by atoms with Crippen molar-refractivity contribution in [3.05, 3.63) is 67.3 Å². The van der Waals surface area contributed by atoms with Gasteiger partial charge in [-0.1, -0.05) is 23.4 Å². The van der Waals surface area contributed by atoms with Gasteiger partial charge in [0.1, 0.15) is 0 Å². The van der Waals surface area contributed by atoms with E-state index >= 15 is 0 Å². The molecule has 25 heavy (non-hydrogen) atoms. The molecule has 1 aromatic heterocycles. The number of amides is 1. The van der Waals surface area contributed by atoms with Crippen molar-refractivity contribution < 1.29 is 9.72 Å². The van der Waals surface area contributed by atoms with Gasteiger partial charge in [-0.25, -0.2) is 0 Å². The zero-order valence-electron chi connectivity index (χ0n) is 13.2. The number of nitro groups is 1. The van der Waals surface area contributed by atoms with E-state index in [-0.39, 0.29) is 11.6 Å². The number of hydrogen-bond acceptors (Lipinski definition) is 5. The summed E-state index contributed by atoms with van der Waals surface area (Å²) < 4.78 is 2.13. The van der Waals surface area contributed by atoms with E-state index in [1.165, 1.54) is 29.3 Å². The van der Waals surface area contributed by atoms with Crippen LogP contribution >= 0.6 is 35.6 Å². The van der Waals surface area contributed by atoms with Gasteiger partial charge in [0.05, 0.1) is 9.83 Å².